The number of aliphatic imine (C=N–C) groups is 1. The third-order valence-corrected chi connectivity index (χ3v) is 6.54. The number of rotatable bonds is 5. The van der Waals surface area contributed by atoms with Gasteiger partial charge in [0, 0.05) is 32.7 Å². The van der Waals surface area contributed by atoms with Crippen LogP contribution in [0.5, 0.6) is 0 Å². The molecule has 1 aliphatic carbocycles. The third kappa shape index (κ3) is 4.62. The fourth-order valence-electron chi connectivity index (χ4n) is 4.73. The monoisotopic (exact) mass is 373 g/mol. The lowest BCUT2D eigenvalue weighted by Crippen LogP contribution is -2.44. The molecule has 0 bridgehead atoms. The second kappa shape index (κ2) is 8.59. The van der Waals surface area contributed by atoms with E-state index in [0.717, 1.165) is 36.6 Å². The SMILES string of the molecule is Cc1nnc(CN=C(NC2CCCC2)N2CCC(CN3CCCC3)C2)n1C. The van der Waals surface area contributed by atoms with Gasteiger partial charge in [0.25, 0.3) is 0 Å². The average molecular weight is 374 g/mol. The van der Waals surface area contributed by atoms with Crippen LogP contribution in [0.1, 0.15) is 56.6 Å². The zero-order chi connectivity index (χ0) is 18.6. The molecule has 3 aliphatic rings. The van der Waals surface area contributed by atoms with Gasteiger partial charge in [-0.3, -0.25) is 0 Å². The highest BCUT2D eigenvalue weighted by molar-refractivity contribution is 5.80. The lowest BCUT2D eigenvalue weighted by molar-refractivity contribution is 0.280. The summed E-state index contributed by atoms with van der Waals surface area (Å²) in [6.07, 6.45) is 9.26. The zero-order valence-electron chi connectivity index (χ0n) is 17.0. The van der Waals surface area contributed by atoms with Crippen LogP contribution in [0.3, 0.4) is 0 Å². The molecule has 0 radical (unpaired) electrons. The first kappa shape index (κ1) is 18.7. The van der Waals surface area contributed by atoms with Gasteiger partial charge in [-0.15, -0.1) is 10.2 Å². The molecule has 150 valence electrons. The Kier molecular flexibility index (Phi) is 5.95. The minimum Gasteiger partial charge on any atom is -0.353 e. The highest BCUT2D eigenvalue weighted by atomic mass is 15.3. The Morgan fingerprint density at radius 1 is 1.07 bits per heavy atom. The predicted octanol–water partition coefficient (Wildman–Crippen LogP) is 1.93. The van der Waals surface area contributed by atoms with Gasteiger partial charge in [-0.05, 0) is 58.0 Å². The van der Waals surface area contributed by atoms with Crippen LogP contribution in [0.2, 0.25) is 0 Å². The molecule has 27 heavy (non-hydrogen) atoms. The standard InChI is InChI=1S/C20H35N7/c1-16-23-24-19(25(16)2)13-21-20(22-18-7-3-4-8-18)27-12-9-17(15-27)14-26-10-5-6-11-26/h17-18H,3-15H2,1-2H3,(H,21,22). The minimum absolute atomic E-state index is 0.586. The summed E-state index contributed by atoms with van der Waals surface area (Å²) in [5.41, 5.74) is 0. The second-order valence-electron chi connectivity index (χ2n) is 8.60. The lowest BCUT2D eigenvalue weighted by Gasteiger charge is -2.26. The van der Waals surface area contributed by atoms with Crippen LogP contribution < -0.4 is 5.32 Å². The smallest absolute Gasteiger partial charge is 0.194 e. The van der Waals surface area contributed by atoms with Crippen molar-refractivity contribution in [2.24, 2.45) is 18.0 Å². The molecule has 1 saturated carbocycles. The van der Waals surface area contributed by atoms with Crippen LogP contribution in [-0.4, -0.2) is 69.3 Å². The van der Waals surface area contributed by atoms with E-state index < -0.39 is 0 Å². The number of aryl methyl sites for hydroxylation is 1. The molecule has 0 amide bonds. The summed E-state index contributed by atoms with van der Waals surface area (Å²) >= 11 is 0. The Balaban J connectivity index is 1.40. The molecule has 1 unspecified atom stereocenters. The van der Waals surface area contributed by atoms with E-state index in [1.807, 2.05) is 18.5 Å². The van der Waals surface area contributed by atoms with Crippen LogP contribution in [0.15, 0.2) is 4.99 Å². The molecule has 1 N–H and O–H groups in total. The van der Waals surface area contributed by atoms with Crippen molar-refractivity contribution in [2.75, 3.05) is 32.7 Å². The van der Waals surface area contributed by atoms with Gasteiger partial charge < -0.3 is 19.7 Å². The molecule has 1 aromatic rings. The molecular weight excluding hydrogens is 338 g/mol. The normalized spacial score (nSPS) is 25.0. The molecule has 7 nitrogen and oxygen atoms in total. The maximum Gasteiger partial charge on any atom is 0.194 e. The molecule has 1 atom stereocenters. The Morgan fingerprint density at radius 3 is 2.56 bits per heavy atom. The Bertz CT molecular complexity index is 641. The quantitative estimate of drug-likeness (QED) is 0.631. The van der Waals surface area contributed by atoms with Crippen LogP contribution in [-0.2, 0) is 13.6 Å². The number of hydrogen-bond donors (Lipinski definition) is 1. The van der Waals surface area contributed by atoms with Crippen molar-refractivity contribution in [2.45, 2.75) is 64.5 Å². The van der Waals surface area contributed by atoms with Crippen LogP contribution >= 0.6 is 0 Å². The zero-order valence-corrected chi connectivity index (χ0v) is 17.0. The summed E-state index contributed by atoms with van der Waals surface area (Å²) in [5.74, 6) is 3.74. The van der Waals surface area contributed by atoms with Crippen LogP contribution in [0, 0.1) is 12.8 Å². The molecule has 2 aliphatic heterocycles. The van der Waals surface area contributed by atoms with Gasteiger partial charge in [0.2, 0.25) is 0 Å². The van der Waals surface area contributed by atoms with Gasteiger partial charge in [-0.1, -0.05) is 12.8 Å². The van der Waals surface area contributed by atoms with Crippen molar-refractivity contribution in [1.82, 2.24) is 29.9 Å². The van der Waals surface area contributed by atoms with E-state index >= 15 is 0 Å². The maximum atomic E-state index is 4.97. The largest absolute Gasteiger partial charge is 0.353 e. The van der Waals surface area contributed by atoms with Crippen molar-refractivity contribution in [3.05, 3.63) is 11.6 Å². The maximum absolute atomic E-state index is 4.97. The molecule has 4 rings (SSSR count). The van der Waals surface area contributed by atoms with Crippen molar-refractivity contribution in [3.63, 3.8) is 0 Å². The molecule has 7 heteroatoms. The number of hydrogen-bond acceptors (Lipinski definition) is 4. The predicted molar refractivity (Wildman–Crippen MR) is 108 cm³/mol. The summed E-state index contributed by atoms with van der Waals surface area (Å²) in [7, 11) is 2.02. The number of aromatic nitrogens is 3. The molecule has 0 spiro atoms. The fraction of sp³-hybridized carbons (Fsp3) is 0.850. The van der Waals surface area contributed by atoms with Gasteiger partial charge in [0.1, 0.15) is 12.4 Å². The molecular formula is C20H35N7. The van der Waals surface area contributed by atoms with E-state index in [4.69, 9.17) is 4.99 Å². The van der Waals surface area contributed by atoms with Crippen molar-refractivity contribution < 1.29 is 0 Å². The first-order valence-corrected chi connectivity index (χ1v) is 10.8. The van der Waals surface area contributed by atoms with Crippen LogP contribution in [0.25, 0.3) is 0 Å². The van der Waals surface area contributed by atoms with E-state index in [1.165, 1.54) is 64.6 Å². The summed E-state index contributed by atoms with van der Waals surface area (Å²) in [5, 5.41) is 12.2. The third-order valence-electron chi connectivity index (χ3n) is 6.54. The Morgan fingerprint density at radius 2 is 1.85 bits per heavy atom. The second-order valence-corrected chi connectivity index (χ2v) is 8.60. The summed E-state index contributed by atoms with van der Waals surface area (Å²) in [6, 6.07) is 0.586. The highest BCUT2D eigenvalue weighted by Crippen LogP contribution is 2.22. The van der Waals surface area contributed by atoms with Gasteiger partial charge in [0.05, 0.1) is 0 Å². The molecule has 0 aromatic carbocycles. The van der Waals surface area contributed by atoms with Gasteiger partial charge in [0.15, 0.2) is 11.8 Å². The van der Waals surface area contributed by atoms with E-state index in [2.05, 4.69) is 25.3 Å². The van der Waals surface area contributed by atoms with E-state index in [-0.39, 0.29) is 0 Å². The van der Waals surface area contributed by atoms with Crippen LogP contribution in [0.4, 0.5) is 0 Å². The highest BCUT2D eigenvalue weighted by Gasteiger charge is 2.29. The lowest BCUT2D eigenvalue weighted by atomic mass is 10.1. The average Bonchev–Trinajstić information content (AvgIpc) is 3.45. The summed E-state index contributed by atoms with van der Waals surface area (Å²) in [6.45, 7) is 8.69. The molecule has 3 heterocycles. The number of nitrogens with one attached hydrogen (secondary N) is 1. The first-order valence-electron chi connectivity index (χ1n) is 10.8. The van der Waals surface area contributed by atoms with Crippen molar-refractivity contribution in [3.8, 4) is 0 Å². The fourth-order valence-corrected chi connectivity index (χ4v) is 4.73. The van der Waals surface area contributed by atoms with Gasteiger partial charge in [-0.2, -0.15) is 0 Å². The van der Waals surface area contributed by atoms with Gasteiger partial charge in [-0.25, -0.2) is 4.99 Å². The molecule has 2 saturated heterocycles. The molecule has 1 aromatic heterocycles. The van der Waals surface area contributed by atoms with Crippen molar-refractivity contribution in [1.29, 1.82) is 0 Å². The minimum atomic E-state index is 0.586. The Labute approximate surface area is 163 Å². The number of likely N-dealkylation sites (tertiary alicyclic amines) is 2. The number of nitrogens with zero attached hydrogens (tertiary/aromatic N) is 6. The Hall–Kier alpha value is -1.63. The first-order chi connectivity index (χ1) is 13.2. The summed E-state index contributed by atoms with van der Waals surface area (Å²) < 4.78 is 2.04. The van der Waals surface area contributed by atoms with E-state index in [9.17, 15) is 0 Å². The topological polar surface area (TPSA) is 61.6 Å². The van der Waals surface area contributed by atoms with Crippen molar-refractivity contribution >= 4 is 5.96 Å². The van der Waals surface area contributed by atoms with E-state index in [0.29, 0.717) is 12.6 Å². The van der Waals surface area contributed by atoms with E-state index in [1.54, 1.807) is 0 Å². The summed E-state index contributed by atoms with van der Waals surface area (Å²) in [4.78, 5) is 10.1. The number of guanidine groups is 1. The van der Waals surface area contributed by atoms with Gasteiger partial charge >= 0.3 is 0 Å². The molecule has 3 fully saturated rings.